The fourth-order valence-electron chi connectivity index (χ4n) is 2.59. The molecule has 3 heteroatoms. The molecule has 0 aliphatic carbocycles. The van der Waals surface area contributed by atoms with Gasteiger partial charge in [0.1, 0.15) is 5.75 Å². The molecule has 0 spiro atoms. The van der Waals surface area contributed by atoms with Crippen LogP contribution in [0.5, 0.6) is 5.75 Å². The van der Waals surface area contributed by atoms with E-state index in [2.05, 4.69) is 6.92 Å². The molecule has 0 atom stereocenters. The molecular weight excluding hydrogens is 274 g/mol. The number of benzene rings is 2. The normalized spacial score (nSPS) is 15.3. The van der Waals surface area contributed by atoms with E-state index in [1.807, 2.05) is 61.7 Å². The third kappa shape index (κ3) is 2.62. The van der Waals surface area contributed by atoms with Crippen LogP contribution in [0.15, 0.2) is 48.5 Å². The summed E-state index contributed by atoms with van der Waals surface area (Å²) >= 11 is 0. The summed E-state index contributed by atoms with van der Waals surface area (Å²) in [5.41, 5.74) is 3.68. The van der Waals surface area contributed by atoms with Gasteiger partial charge < -0.3 is 9.64 Å². The van der Waals surface area contributed by atoms with E-state index in [-0.39, 0.29) is 5.91 Å². The first kappa shape index (κ1) is 14.4. The highest BCUT2D eigenvalue weighted by Crippen LogP contribution is 2.36. The van der Waals surface area contributed by atoms with Crippen molar-refractivity contribution in [3.8, 4) is 5.75 Å². The number of carbonyl (C=O) groups excluding carboxylic acids is 1. The average Bonchev–Trinajstić information content (AvgIpc) is 2.80. The number of nitrogens with zero attached hydrogens (tertiary/aromatic N) is 1. The van der Waals surface area contributed by atoms with Gasteiger partial charge in [0.25, 0.3) is 5.91 Å². The molecule has 0 fully saturated rings. The number of likely N-dealkylation sites (N-methyl/N-ethyl adjacent to an activating group) is 1. The number of carbonyl (C=O) groups is 1. The average molecular weight is 293 g/mol. The van der Waals surface area contributed by atoms with Gasteiger partial charge in [0.15, 0.2) is 0 Å². The van der Waals surface area contributed by atoms with E-state index in [0.717, 1.165) is 41.2 Å². The number of anilines is 1. The second-order valence-electron chi connectivity index (χ2n) is 5.36. The fraction of sp³-hybridized carbons (Fsp3) is 0.211. The molecule has 3 nitrogen and oxygen atoms in total. The van der Waals surface area contributed by atoms with E-state index < -0.39 is 0 Å². The molecule has 0 bridgehead atoms. The van der Waals surface area contributed by atoms with Crippen molar-refractivity contribution in [1.82, 2.24) is 0 Å². The summed E-state index contributed by atoms with van der Waals surface area (Å²) in [6.45, 7) is 2.80. The van der Waals surface area contributed by atoms with Gasteiger partial charge in [-0.05, 0) is 36.3 Å². The summed E-state index contributed by atoms with van der Waals surface area (Å²) in [7, 11) is 1.81. The quantitative estimate of drug-likeness (QED) is 0.798. The summed E-state index contributed by atoms with van der Waals surface area (Å²) in [6.07, 6.45) is 2.93. The van der Waals surface area contributed by atoms with E-state index in [1.165, 1.54) is 0 Å². The van der Waals surface area contributed by atoms with Crippen LogP contribution < -0.4 is 9.64 Å². The van der Waals surface area contributed by atoms with Crippen molar-refractivity contribution in [1.29, 1.82) is 0 Å². The van der Waals surface area contributed by atoms with Crippen molar-refractivity contribution in [3.63, 3.8) is 0 Å². The number of hydrogen-bond donors (Lipinski definition) is 0. The first-order valence-electron chi connectivity index (χ1n) is 7.52. The highest BCUT2D eigenvalue weighted by atomic mass is 16.5. The Kier molecular flexibility index (Phi) is 3.96. The van der Waals surface area contributed by atoms with Gasteiger partial charge in [-0.25, -0.2) is 0 Å². The van der Waals surface area contributed by atoms with Crippen LogP contribution in [0, 0.1) is 0 Å². The molecule has 112 valence electrons. The molecule has 1 amide bonds. The number of amides is 1. The molecule has 0 saturated heterocycles. The lowest BCUT2D eigenvalue weighted by Gasteiger charge is -2.08. The lowest BCUT2D eigenvalue weighted by Crippen LogP contribution is -2.20. The van der Waals surface area contributed by atoms with Crippen molar-refractivity contribution in [2.24, 2.45) is 0 Å². The highest BCUT2D eigenvalue weighted by Gasteiger charge is 2.28. The molecule has 1 aliphatic rings. The van der Waals surface area contributed by atoms with Gasteiger partial charge >= 0.3 is 0 Å². The zero-order chi connectivity index (χ0) is 15.5. The van der Waals surface area contributed by atoms with Crippen LogP contribution >= 0.6 is 0 Å². The van der Waals surface area contributed by atoms with Crippen LogP contribution in [0.2, 0.25) is 0 Å². The SMILES string of the molecule is CCCOc1ccc(C=C2C(=O)N(C)c3ccccc32)cc1. The Morgan fingerprint density at radius 3 is 2.55 bits per heavy atom. The smallest absolute Gasteiger partial charge is 0.258 e. The van der Waals surface area contributed by atoms with Crippen molar-refractivity contribution in [3.05, 3.63) is 59.7 Å². The number of ether oxygens (including phenoxy) is 1. The molecule has 1 heterocycles. The van der Waals surface area contributed by atoms with Gasteiger partial charge in [0, 0.05) is 18.2 Å². The van der Waals surface area contributed by atoms with Gasteiger partial charge in [0.05, 0.1) is 12.3 Å². The monoisotopic (exact) mass is 293 g/mol. The number of fused-ring (bicyclic) bond motifs is 1. The summed E-state index contributed by atoms with van der Waals surface area (Å²) in [5.74, 6) is 0.895. The highest BCUT2D eigenvalue weighted by molar-refractivity contribution is 6.35. The molecule has 2 aromatic carbocycles. The van der Waals surface area contributed by atoms with Crippen LogP contribution in [-0.4, -0.2) is 19.6 Å². The molecule has 1 aliphatic heterocycles. The molecular formula is C19H19NO2. The van der Waals surface area contributed by atoms with Gasteiger partial charge in [-0.3, -0.25) is 4.79 Å². The summed E-state index contributed by atoms with van der Waals surface area (Å²) in [5, 5.41) is 0. The van der Waals surface area contributed by atoms with E-state index in [1.54, 1.807) is 4.90 Å². The van der Waals surface area contributed by atoms with Crippen LogP contribution in [0.1, 0.15) is 24.5 Å². The predicted molar refractivity (Wildman–Crippen MR) is 90.0 cm³/mol. The minimum Gasteiger partial charge on any atom is -0.494 e. The zero-order valence-corrected chi connectivity index (χ0v) is 12.9. The molecule has 0 N–H and O–H groups in total. The maximum Gasteiger partial charge on any atom is 0.258 e. The second kappa shape index (κ2) is 6.06. The third-order valence-electron chi connectivity index (χ3n) is 3.75. The minimum absolute atomic E-state index is 0.0347. The Morgan fingerprint density at radius 1 is 1.09 bits per heavy atom. The van der Waals surface area contributed by atoms with Gasteiger partial charge in [0.2, 0.25) is 0 Å². The minimum atomic E-state index is 0.0347. The molecule has 2 aromatic rings. The van der Waals surface area contributed by atoms with Gasteiger partial charge in [-0.15, -0.1) is 0 Å². The topological polar surface area (TPSA) is 29.5 Å². The lowest BCUT2D eigenvalue weighted by molar-refractivity contribution is -0.112. The maximum absolute atomic E-state index is 12.4. The summed E-state index contributed by atoms with van der Waals surface area (Å²) < 4.78 is 5.58. The number of para-hydroxylation sites is 1. The molecule has 0 radical (unpaired) electrons. The van der Waals surface area contributed by atoms with Gasteiger partial charge in [-0.1, -0.05) is 37.3 Å². The van der Waals surface area contributed by atoms with E-state index in [4.69, 9.17) is 4.74 Å². The first-order chi connectivity index (χ1) is 10.7. The largest absolute Gasteiger partial charge is 0.494 e. The van der Waals surface area contributed by atoms with Crippen molar-refractivity contribution in [2.75, 3.05) is 18.6 Å². The zero-order valence-electron chi connectivity index (χ0n) is 12.9. The maximum atomic E-state index is 12.4. The van der Waals surface area contributed by atoms with E-state index >= 15 is 0 Å². The molecule has 0 saturated carbocycles. The summed E-state index contributed by atoms with van der Waals surface area (Å²) in [6, 6.07) is 15.7. The Bertz CT molecular complexity index is 716. The third-order valence-corrected chi connectivity index (χ3v) is 3.75. The molecule has 22 heavy (non-hydrogen) atoms. The predicted octanol–water partition coefficient (Wildman–Crippen LogP) is 3.99. The Labute approximate surface area is 130 Å². The van der Waals surface area contributed by atoms with Crippen molar-refractivity contribution in [2.45, 2.75) is 13.3 Å². The van der Waals surface area contributed by atoms with E-state index in [9.17, 15) is 4.79 Å². The fourth-order valence-corrected chi connectivity index (χ4v) is 2.59. The van der Waals surface area contributed by atoms with Crippen LogP contribution in [-0.2, 0) is 4.79 Å². The Balaban J connectivity index is 1.90. The number of rotatable bonds is 4. The summed E-state index contributed by atoms with van der Waals surface area (Å²) in [4.78, 5) is 14.1. The molecule has 0 aromatic heterocycles. The van der Waals surface area contributed by atoms with Crippen LogP contribution in [0.3, 0.4) is 0 Å². The standard InChI is InChI=1S/C19H19NO2/c1-3-12-22-15-10-8-14(9-11-15)13-17-16-6-4-5-7-18(16)20(2)19(17)21/h4-11,13H,3,12H2,1-2H3. The number of hydrogen-bond acceptors (Lipinski definition) is 2. The lowest BCUT2D eigenvalue weighted by atomic mass is 10.0. The Morgan fingerprint density at radius 2 is 1.82 bits per heavy atom. The second-order valence-corrected chi connectivity index (χ2v) is 5.36. The van der Waals surface area contributed by atoms with Gasteiger partial charge in [-0.2, -0.15) is 0 Å². The van der Waals surface area contributed by atoms with Crippen LogP contribution in [0.4, 0.5) is 5.69 Å². The van der Waals surface area contributed by atoms with Crippen molar-refractivity contribution >= 4 is 23.2 Å². The van der Waals surface area contributed by atoms with Crippen molar-refractivity contribution < 1.29 is 9.53 Å². The van der Waals surface area contributed by atoms with E-state index in [0.29, 0.717) is 0 Å². The molecule has 0 unspecified atom stereocenters. The first-order valence-corrected chi connectivity index (χ1v) is 7.52. The Hall–Kier alpha value is -2.55. The van der Waals surface area contributed by atoms with Crippen LogP contribution in [0.25, 0.3) is 11.6 Å². The molecule has 3 rings (SSSR count).